The Kier molecular flexibility index (Phi) is 3.56. The molecule has 0 aliphatic heterocycles. The van der Waals surface area contributed by atoms with Gasteiger partial charge in [0.05, 0.1) is 8.49 Å². The molecule has 8 heteroatoms. The van der Waals surface area contributed by atoms with Crippen LogP contribution in [0.4, 0.5) is 0 Å². The zero-order valence-corrected chi connectivity index (χ0v) is 12.1. The number of hydrogen-bond acceptors (Lipinski definition) is 5. The van der Waals surface area contributed by atoms with E-state index in [-0.39, 0.29) is 16.6 Å². The van der Waals surface area contributed by atoms with Crippen molar-refractivity contribution >= 4 is 60.8 Å². The number of carbonyl (C=O) groups excluding carboxylic acids is 2. The first-order valence-electron chi connectivity index (χ1n) is 4.67. The van der Waals surface area contributed by atoms with Gasteiger partial charge in [-0.15, -0.1) is 11.3 Å². The van der Waals surface area contributed by atoms with Crippen LogP contribution < -0.4 is 10.5 Å². The molecule has 2 rings (SSSR count). The molecule has 18 heavy (non-hydrogen) atoms. The quantitative estimate of drug-likeness (QED) is 0.667. The molecule has 5 nitrogen and oxygen atoms in total. The number of amides is 1. The first-order chi connectivity index (χ1) is 8.40. The lowest BCUT2D eigenvalue weighted by Crippen LogP contribution is -2.16. The van der Waals surface area contributed by atoms with E-state index in [1.807, 2.05) is 0 Å². The van der Waals surface area contributed by atoms with Crippen molar-refractivity contribution in [2.75, 3.05) is 0 Å². The highest BCUT2D eigenvalue weighted by molar-refractivity contribution is 9.11. The van der Waals surface area contributed by atoms with Gasteiger partial charge in [-0.2, -0.15) is 0 Å². The minimum Gasteiger partial charge on any atom is -0.423 e. The van der Waals surface area contributed by atoms with E-state index in [0.29, 0.717) is 10.1 Å². The molecule has 0 aliphatic rings. The number of nitrogens with zero attached hydrogens (tertiary/aromatic N) is 1. The van der Waals surface area contributed by atoms with Crippen molar-refractivity contribution in [3.05, 3.63) is 20.7 Å². The average molecular weight is 350 g/mol. The number of aromatic nitrogens is 1. The zero-order chi connectivity index (χ0) is 13.4. The number of pyridine rings is 1. The molecule has 2 N–H and O–H groups in total. The van der Waals surface area contributed by atoms with Gasteiger partial charge in [0.1, 0.15) is 5.15 Å². The van der Waals surface area contributed by atoms with Crippen LogP contribution in [-0.4, -0.2) is 16.9 Å². The van der Waals surface area contributed by atoms with E-state index < -0.39 is 11.9 Å². The van der Waals surface area contributed by atoms with Crippen molar-refractivity contribution in [1.29, 1.82) is 0 Å². The summed E-state index contributed by atoms with van der Waals surface area (Å²) in [5.41, 5.74) is 5.04. The lowest BCUT2D eigenvalue weighted by atomic mass is 10.2. The highest BCUT2D eigenvalue weighted by Crippen LogP contribution is 2.40. The van der Waals surface area contributed by atoms with Gasteiger partial charge in [0.2, 0.25) is 0 Å². The normalized spacial score (nSPS) is 10.6. The third-order valence-electron chi connectivity index (χ3n) is 2.04. The number of esters is 1. The number of hydrogen-bond donors (Lipinski definition) is 1. The Morgan fingerprint density at radius 1 is 1.56 bits per heavy atom. The summed E-state index contributed by atoms with van der Waals surface area (Å²) in [5, 5.41) is 0.668. The maximum absolute atomic E-state index is 11.3. The molecule has 0 fully saturated rings. The van der Waals surface area contributed by atoms with Crippen LogP contribution in [-0.2, 0) is 4.79 Å². The van der Waals surface area contributed by atoms with Crippen molar-refractivity contribution in [3.63, 3.8) is 0 Å². The zero-order valence-electron chi connectivity index (χ0n) is 8.99. The van der Waals surface area contributed by atoms with Gasteiger partial charge in [-0.3, -0.25) is 9.59 Å². The summed E-state index contributed by atoms with van der Waals surface area (Å²) in [6, 6.07) is 1.69. The van der Waals surface area contributed by atoms with Gasteiger partial charge in [-0.1, -0.05) is 11.6 Å². The summed E-state index contributed by atoms with van der Waals surface area (Å²) < 4.78 is 6.40. The predicted octanol–water partition coefficient (Wildman–Crippen LogP) is 2.74. The summed E-state index contributed by atoms with van der Waals surface area (Å²) in [7, 11) is 0. The number of halogens is 2. The number of fused-ring (bicyclic) bond motifs is 1. The van der Waals surface area contributed by atoms with Gasteiger partial charge < -0.3 is 10.5 Å². The van der Waals surface area contributed by atoms with Crippen LogP contribution in [0, 0.1) is 0 Å². The minimum atomic E-state index is -0.808. The predicted molar refractivity (Wildman–Crippen MR) is 72.2 cm³/mol. The van der Waals surface area contributed by atoms with Crippen LogP contribution in [0.5, 0.6) is 5.75 Å². The summed E-state index contributed by atoms with van der Waals surface area (Å²) in [4.78, 5) is 26.3. The maximum atomic E-state index is 11.3. The number of thiophene rings is 1. The molecule has 94 valence electrons. The van der Waals surface area contributed by atoms with Crippen LogP contribution in [0.2, 0.25) is 5.15 Å². The fraction of sp³-hybridized carbons (Fsp3) is 0.100. The smallest absolute Gasteiger partial charge is 0.308 e. The molecule has 2 aromatic heterocycles. The first-order valence-corrected chi connectivity index (χ1v) is 6.65. The first kappa shape index (κ1) is 13.3. The summed E-state index contributed by atoms with van der Waals surface area (Å²) in [6.45, 7) is 1.23. The third-order valence-corrected chi connectivity index (χ3v) is 4.07. The van der Waals surface area contributed by atoms with E-state index in [9.17, 15) is 9.59 Å². The van der Waals surface area contributed by atoms with Gasteiger partial charge >= 0.3 is 5.97 Å². The highest BCUT2D eigenvalue weighted by Gasteiger charge is 2.21. The van der Waals surface area contributed by atoms with E-state index in [1.54, 1.807) is 6.07 Å². The summed E-state index contributed by atoms with van der Waals surface area (Å²) >= 11 is 10.6. The second-order valence-electron chi connectivity index (χ2n) is 3.33. The third kappa shape index (κ3) is 2.33. The fourth-order valence-corrected chi connectivity index (χ4v) is 3.20. The second kappa shape index (κ2) is 4.83. The Hall–Kier alpha value is -1.18. The van der Waals surface area contributed by atoms with E-state index in [2.05, 4.69) is 20.9 Å². The van der Waals surface area contributed by atoms with Crippen LogP contribution in [0.15, 0.2) is 9.85 Å². The van der Waals surface area contributed by atoms with Gasteiger partial charge in [-0.05, 0) is 22.0 Å². The van der Waals surface area contributed by atoms with E-state index in [1.165, 1.54) is 18.3 Å². The SMILES string of the molecule is CC(=O)Oc1c(C(N)=O)nc(Cl)c2sc(Br)cc12. The Balaban J connectivity index is 2.82. The fourth-order valence-electron chi connectivity index (χ4n) is 1.42. The second-order valence-corrected chi connectivity index (χ2v) is 6.12. The number of primary amides is 1. The molecule has 0 aliphatic carbocycles. The molecule has 2 heterocycles. The molecule has 0 bridgehead atoms. The molecule has 0 radical (unpaired) electrons. The summed E-state index contributed by atoms with van der Waals surface area (Å²) in [5.74, 6) is -1.33. The summed E-state index contributed by atoms with van der Waals surface area (Å²) in [6.07, 6.45) is 0. The maximum Gasteiger partial charge on any atom is 0.308 e. The molecule has 1 amide bonds. The largest absolute Gasteiger partial charge is 0.423 e. The lowest BCUT2D eigenvalue weighted by molar-refractivity contribution is -0.131. The average Bonchev–Trinajstić information content (AvgIpc) is 2.63. The molecule has 2 aromatic rings. The standard InChI is InChI=1S/C10H6BrClN2O3S/c1-3(15)17-7-4-2-5(11)18-8(4)9(12)14-6(7)10(13)16/h2H,1H3,(H2,13,16). The van der Waals surface area contributed by atoms with E-state index in [4.69, 9.17) is 22.1 Å². The van der Waals surface area contributed by atoms with Crippen molar-refractivity contribution in [2.45, 2.75) is 6.92 Å². The van der Waals surface area contributed by atoms with Gasteiger partial charge in [0.15, 0.2) is 11.4 Å². The molecular formula is C10H6BrClN2O3S. The Morgan fingerprint density at radius 2 is 2.22 bits per heavy atom. The van der Waals surface area contributed by atoms with E-state index >= 15 is 0 Å². The monoisotopic (exact) mass is 348 g/mol. The lowest BCUT2D eigenvalue weighted by Gasteiger charge is -2.07. The number of carbonyl (C=O) groups is 2. The van der Waals surface area contributed by atoms with Crippen molar-refractivity contribution < 1.29 is 14.3 Å². The highest BCUT2D eigenvalue weighted by atomic mass is 79.9. The Bertz CT molecular complexity index is 671. The van der Waals surface area contributed by atoms with Crippen molar-refractivity contribution in [1.82, 2.24) is 4.98 Å². The topological polar surface area (TPSA) is 82.3 Å². The van der Waals surface area contributed by atoms with Crippen molar-refractivity contribution in [2.24, 2.45) is 5.73 Å². The molecule has 0 saturated carbocycles. The van der Waals surface area contributed by atoms with Crippen LogP contribution in [0.3, 0.4) is 0 Å². The number of ether oxygens (including phenoxy) is 1. The molecular weight excluding hydrogens is 344 g/mol. The number of rotatable bonds is 2. The van der Waals surface area contributed by atoms with Gasteiger partial charge in [0.25, 0.3) is 5.91 Å². The molecule has 0 saturated heterocycles. The Labute approximate surface area is 119 Å². The van der Waals surface area contributed by atoms with Crippen LogP contribution >= 0.6 is 38.9 Å². The molecule has 0 aromatic carbocycles. The van der Waals surface area contributed by atoms with Crippen molar-refractivity contribution in [3.8, 4) is 5.75 Å². The Morgan fingerprint density at radius 3 is 2.78 bits per heavy atom. The minimum absolute atomic E-state index is 0.0383. The van der Waals surface area contributed by atoms with Gasteiger partial charge in [0, 0.05) is 12.3 Å². The van der Waals surface area contributed by atoms with E-state index in [0.717, 1.165) is 3.79 Å². The molecule has 0 spiro atoms. The number of nitrogens with two attached hydrogens (primary N) is 1. The molecule has 0 atom stereocenters. The van der Waals surface area contributed by atoms with Crippen LogP contribution in [0.1, 0.15) is 17.4 Å². The van der Waals surface area contributed by atoms with Gasteiger partial charge in [-0.25, -0.2) is 4.98 Å². The van der Waals surface area contributed by atoms with Crippen LogP contribution in [0.25, 0.3) is 10.1 Å². The molecule has 0 unspecified atom stereocenters.